The van der Waals surface area contributed by atoms with Crippen LogP contribution in [0, 0.1) is 11.3 Å². The van der Waals surface area contributed by atoms with E-state index in [4.69, 9.17) is 12.2 Å². The standard InChI is InChI=1S/C16H23N3S/c1-12-9-15(2,3)11-16(10-12)17-14(20)19(18-16)13-7-5-4-6-8-13/h4-8,12,18H,9-11H2,1-3H3,(H,17,20)/t12-,16-/m0/s1. The summed E-state index contributed by atoms with van der Waals surface area (Å²) in [5.41, 5.74) is 4.98. The number of nitrogens with zero attached hydrogens (tertiary/aromatic N) is 1. The van der Waals surface area contributed by atoms with E-state index in [1.54, 1.807) is 0 Å². The van der Waals surface area contributed by atoms with Crippen molar-refractivity contribution >= 4 is 23.0 Å². The van der Waals surface area contributed by atoms with Gasteiger partial charge in [0.15, 0.2) is 5.11 Å². The van der Waals surface area contributed by atoms with Crippen molar-refractivity contribution in [2.24, 2.45) is 11.3 Å². The van der Waals surface area contributed by atoms with Gasteiger partial charge in [-0.2, -0.15) is 0 Å². The summed E-state index contributed by atoms with van der Waals surface area (Å²) in [5.74, 6) is 0.692. The van der Waals surface area contributed by atoms with Gasteiger partial charge in [0.1, 0.15) is 5.66 Å². The Labute approximate surface area is 126 Å². The molecule has 1 aromatic carbocycles. The van der Waals surface area contributed by atoms with Crippen molar-refractivity contribution in [1.29, 1.82) is 0 Å². The molecule has 0 bridgehead atoms. The van der Waals surface area contributed by atoms with E-state index in [9.17, 15) is 0 Å². The van der Waals surface area contributed by atoms with Gasteiger partial charge in [-0.25, -0.2) is 5.43 Å². The maximum atomic E-state index is 5.54. The molecule has 108 valence electrons. The summed E-state index contributed by atoms with van der Waals surface area (Å²) in [5, 5.41) is 6.35. The van der Waals surface area contributed by atoms with Crippen LogP contribution < -0.4 is 15.8 Å². The highest BCUT2D eigenvalue weighted by Crippen LogP contribution is 2.44. The van der Waals surface area contributed by atoms with Crippen molar-refractivity contribution in [3.05, 3.63) is 30.3 Å². The summed E-state index contributed by atoms with van der Waals surface area (Å²) in [6, 6.07) is 10.3. The van der Waals surface area contributed by atoms with E-state index >= 15 is 0 Å². The normalized spacial score (nSPS) is 32.5. The molecular formula is C16H23N3S. The van der Waals surface area contributed by atoms with E-state index in [1.165, 1.54) is 6.42 Å². The molecule has 1 saturated carbocycles. The van der Waals surface area contributed by atoms with E-state index < -0.39 is 0 Å². The first-order valence-corrected chi connectivity index (χ1v) is 7.75. The molecule has 3 nitrogen and oxygen atoms in total. The van der Waals surface area contributed by atoms with Gasteiger partial charge in [0.2, 0.25) is 0 Å². The van der Waals surface area contributed by atoms with E-state index in [1.807, 2.05) is 23.2 Å². The minimum Gasteiger partial charge on any atom is -0.342 e. The lowest BCUT2D eigenvalue weighted by Crippen LogP contribution is -2.57. The molecule has 0 unspecified atom stereocenters. The van der Waals surface area contributed by atoms with Gasteiger partial charge in [-0.05, 0) is 54.9 Å². The molecule has 2 aliphatic rings. The van der Waals surface area contributed by atoms with E-state index in [0.717, 1.165) is 23.6 Å². The molecule has 2 N–H and O–H groups in total. The summed E-state index contributed by atoms with van der Waals surface area (Å²) in [6.07, 6.45) is 3.48. The average Bonchev–Trinajstić information content (AvgIpc) is 2.63. The Morgan fingerprint density at radius 2 is 1.90 bits per heavy atom. The highest BCUT2D eigenvalue weighted by Gasteiger charge is 2.48. The molecule has 4 heteroatoms. The number of nitrogens with one attached hydrogen (secondary N) is 2. The summed E-state index contributed by atoms with van der Waals surface area (Å²) in [7, 11) is 0. The van der Waals surface area contributed by atoms with Crippen LogP contribution in [0.15, 0.2) is 30.3 Å². The quantitative estimate of drug-likeness (QED) is 0.775. The van der Waals surface area contributed by atoms with Gasteiger partial charge >= 0.3 is 0 Å². The topological polar surface area (TPSA) is 27.3 Å². The van der Waals surface area contributed by atoms with Crippen molar-refractivity contribution < 1.29 is 0 Å². The molecule has 1 spiro atoms. The van der Waals surface area contributed by atoms with Crippen molar-refractivity contribution in [2.75, 3.05) is 5.01 Å². The zero-order chi connectivity index (χ0) is 14.4. The van der Waals surface area contributed by atoms with E-state index in [2.05, 4.69) is 43.6 Å². The first-order chi connectivity index (χ1) is 9.39. The van der Waals surface area contributed by atoms with Gasteiger partial charge in [-0.3, -0.25) is 5.01 Å². The lowest BCUT2D eigenvalue weighted by atomic mass is 9.68. The van der Waals surface area contributed by atoms with Crippen LogP contribution in [0.25, 0.3) is 0 Å². The summed E-state index contributed by atoms with van der Waals surface area (Å²) < 4.78 is 0. The molecule has 0 amide bonds. The van der Waals surface area contributed by atoms with E-state index in [-0.39, 0.29) is 5.66 Å². The number of rotatable bonds is 1. The van der Waals surface area contributed by atoms with Crippen LogP contribution in [0.3, 0.4) is 0 Å². The van der Waals surface area contributed by atoms with Gasteiger partial charge in [-0.1, -0.05) is 39.0 Å². The van der Waals surface area contributed by atoms with Crippen molar-refractivity contribution in [3.8, 4) is 0 Å². The number of hydrogen-bond acceptors (Lipinski definition) is 2. The SMILES string of the molecule is C[C@H]1CC(C)(C)C[C@@]2(C1)NC(=S)N(c1ccccc1)N2. The first-order valence-electron chi connectivity index (χ1n) is 7.34. The third-order valence-electron chi connectivity index (χ3n) is 4.27. The second kappa shape index (κ2) is 4.71. The molecule has 0 aromatic heterocycles. The Hall–Kier alpha value is -1.13. The van der Waals surface area contributed by atoms with E-state index in [0.29, 0.717) is 11.3 Å². The summed E-state index contributed by atoms with van der Waals surface area (Å²) >= 11 is 5.54. The lowest BCUT2D eigenvalue weighted by Gasteiger charge is -2.45. The fraction of sp³-hybridized carbons (Fsp3) is 0.562. The Kier molecular flexibility index (Phi) is 3.26. The molecule has 1 aliphatic heterocycles. The molecule has 1 saturated heterocycles. The zero-order valence-corrected chi connectivity index (χ0v) is 13.3. The number of anilines is 1. The molecule has 3 rings (SSSR count). The molecule has 2 fully saturated rings. The molecule has 20 heavy (non-hydrogen) atoms. The van der Waals surface area contributed by atoms with Crippen LogP contribution in [0.1, 0.15) is 40.0 Å². The molecule has 1 aliphatic carbocycles. The molecular weight excluding hydrogens is 266 g/mol. The van der Waals surface area contributed by atoms with Gasteiger partial charge in [0.25, 0.3) is 0 Å². The first kappa shape index (κ1) is 13.8. The Balaban J connectivity index is 1.86. The molecule has 0 radical (unpaired) electrons. The minimum atomic E-state index is -0.0892. The second-order valence-corrected chi connectivity index (χ2v) is 7.54. The smallest absolute Gasteiger partial charge is 0.189 e. The molecule has 1 heterocycles. The van der Waals surface area contributed by atoms with Crippen molar-refractivity contribution in [2.45, 2.75) is 45.7 Å². The maximum Gasteiger partial charge on any atom is 0.189 e. The van der Waals surface area contributed by atoms with Gasteiger partial charge < -0.3 is 5.32 Å². The van der Waals surface area contributed by atoms with Gasteiger partial charge in [0.05, 0.1) is 5.69 Å². The maximum absolute atomic E-state index is 5.54. The Morgan fingerprint density at radius 3 is 2.55 bits per heavy atom. The second-order valence-electron chi connectivity index (χ2n) is 7.15. The van der Waals surface area contributed by atoms with Crippen molar-refractivity contribution in [1.82, 2.24) is 10.7 Å². The third kappa shape index (κ3) is 2.54. The van der Waals surface area contributed by atoms with Crippen LogP contribution in [0.2, 0.25) is 0 Å². The van der Waals surface area contributed by atoms with Crippen LogP contribution in [-0.2, 0) is 0 Å². The summed E-state index contributed by atoms with van der Waals surface area (Å²) in [6.45, 7) is 7.03. The van der Waals surface area contributed by atoms with Crippen LogP contribution in [-0.4, -0.2) is 10.8 Å². The monoisotopic (exact) mass is 289 g/mol. The highest BCUT2D eigenvalue weighted by molar-refractivity contribution is 7.80. The minimum absolute atomic E-state index is 0.0892. The number of para-hydroxylation sites is 1. The Morgan fingerprint density at radius 1 is 1.20 bits per heavy atom. The summed E-state index contributed by atoms with van der Waals surface area (Å²) in [4.78, 5) is 0. The van der Waals surface area contributed by atoms with Crippen LogP contribution >= 0.6 is 12.2 Å². The number of benzene rings is 1. The predicted octanol–water partition coefficient (Wildman–Crippen LogP) is 3.43. The largest absolute Gasteiger partial charge is 0.342 e. The number of hydrazine groups is 1. The number of hydrogen-bond donors (Lipinski definition) is 2. The highest BCUT2D eigenvalue weighted by atomic mass is 32.1. The fourth-order valence-electron chi connectivity index (χ4n) is 4.06. The van der Waals surface area contributed by atoms with Crippen molar-refractivity contribution in [3.63, 3.8) is 0 Å². The average molecular weight is 289 g/mol. The van der Waals surface area contributed by atoms with Gasteiger partial charge in [-0.15, -0.1) is 0 Å². The zero-order valence-electron chi connectivity index (χ0n) is 12.4. The lowest BCUT2D eigenvalue weighted by molar-refractivity contribution is 0.0828. The Bertz CT molecular complexity index is 514. The third-order valence-corrected chi connectivity index (χ3v) is 4.55. The predicted molar refractivity (Wildman–Crippen MR) is 87.3 cm³/mol. The van der Waals surface area contributed by atoms with Gasteiger partial charge in [0, 0.05) is 0 Å². The van der Waals surface area contributed by atoms with Crippen LogP contribution in [0.4, 0.5) is 5.69 Å². The molecule has 2 atom stereocenters. The fourth-order valence-corrected chi connectivity index (χ4v) is 4.41. The number of thiocarbonyl (C=S) groups is 1. The molecule has 1 aromatic rings. The van der Waals surface area contributed by atoms with Crippen LogP contribution in [0.5, 0.6) is 0 Å².